The van der Waals surface area contributed by atoms with Crippen molar-refractivity contribution in [2.24, 2.45) is 0 Å². The van der Waals surface area contributed by atoms with E-state index in [1.807, 2.05) is 0 Å². The van der Waals surface area contributed by atoms with Crippen LogP contribution in [0.15, 0.2) is 164 Å². The molecule has 2 unspecified atom stereocenters. The number of fused-ring (bicyclic) bond motifs is 9. The molecule has 3 heterocycles. The summed E-state index contributed by atoms with van der Waals surface area (Å²) in [5.74, 6) is 0. The SMILES string of the molecule is CC12C=CC=CC1N(c1ccccc1)c1cc(-n3c4ccccc4c4cc(-n5c6ccccc6c6ccccc65)ccc43)ccc12. The molecule has 3 nitrogen and oxygen atoms in total. The molecule has 46 heavy (non-hydrogen) atoms. The number of para-hydroxylation sites is 4. The summed E-state index contributed by atoms with van der Waals surface area (Å²) in [5, 5.41) is 5.07. The van der Waals surface area contributed by atoms with Crippen molar-refractivity contribution in [1.29, 1.82) is 0 Å². The maximum atomic E-state index is 2.52. The highest BCUT2D eigenvalue weighted by Gasteiger charge is 2.46. The van der Waals surface area contributed by atoms with Crippen LogP contribution < -0.4 is 4.90 Å². The molecule has 0 amide bonds. The Bertz CT molecular complexity index is 2510. The van der Waals surface area contributed by atoms with E-state index in [0.717, 1.165) is 0 Å². The van der Waals surface area contributed by atoms with Gasteiger partial charge in [0.05, 0.1) is 28.1 Å². The average molecular weight is 590 g/mol. The lowest BCUT2D eigenvalue weighted by Crippen LogP contribution is -2.39. The Morgan fingerprint density at radius 3 is 1.70 bits per heavy atom. The average Bonchev–Trinajstić information content (AvgIpc) is 3.71. The van der Waals surface area contributed by atoms with E-state index in [-0.39, 0.29) is 11.5 Å². The van der Waals surface area contributed by atoms with Crippen LogP contribution in [0.25, 0.3) is 55.0 Å². The van der Waals surface area contributed by atoms with Gasteiger partial charge in [0.25, 0.3) is 0 Å². The lowest BCUT2D eigenvalue weighted by atomic mass is 9.76. The molecular weight excluding hydrogens is 558 g/mol. The van der Waals surface area contributed by atoms with Crippen LogP contribution in [0.3, 0.4) is 0 Å². The van der Waals surface area contributed by atoms with Gasteiger partial charge in [-0.05, 0) is 73.2 Å². The minimum atomic E-state index is -0.101. The number of nitrogens with zero attached hydrogens (tertiary/aromatic N) is 3. The highest BCUT2D eigenvalue weighted by Crippen LogP contribution is 2.52. The first-order valence-corrected chi connectivity index (χ1v) is 16.1. The molecular formula is C43H31N3. The molecule has 1 aliphatic carbocycles. The zero-order valence-electron chi connectivity index (χ0n) is 25.5. The van der Waals surface area contributed by atoms with Crippen LogP contribution in [0.1, 0.15) is 12.5 Å². The summed E-state index contributed by atoms with van der Waals surface area (Å²) >= 11 is 0. The van der Waals surface area contributed by atoms with Crippen LogP contribution in [-0.4, -0.2) is 15.2 Å². The van der Waals surface area contributed by atoms with E-state index in [9.17, 15) is 0 Å². The van der Waals surface area contributed by atoms with Crippen LogP contribution in [-0.2, 0) is 5.41 Å². The molecule has 8 aromatic rings. The maximum absolute atomic E-state index is 2.52. The van der Waals surface area contributed by atoms with Gasteiger partial charge >= 0.3 is 0 Å². The lowest BCUT2D eigenvalue weighted by molar-refractivity contribution is 0.551. The zero-order chi connectivity index (χ0) is 30.4. The van der Waals surface area contributed by atoms with Crippen molar-refractivity contribution in [3.63, 3.8) is 0 Å². The Kier molecular flexibility index (Phi) is 5.19. The molecule has 6 aromatic carbocycles. The van der Waals surface area contributed by atoms with Crippen molar-refractivity contribution in [1.82, 2.24) is 9.13 Å². The first-order valence-electron chi connectivity index (χ1n) is 16.1. The molecule has 218 valence electrons. The van der Waals surface area contributed by atoms with Crippen molar-refractivity contribution in [2.75, 3.05) is 4.90 Å². The van der Waals surface area contributed by atoms with Crippen molar-refractivity contribution in [2.45, 2.75) is 18.4 Å². The fourth-order valence-electron chi connectivity index (χ4n) is 8.26. The van der Waals surface area contributed by atoms with Gasteiger partial charge in [-0.2, -0.15) is 0 Å². The molecule has 0 spiro atoms. The minimum absolute atomic E-state index is 0.101. The van der Waals surface area contributed by atoms with E-state index in [0.29, 0.717) is 0 Å². The third kappa shape index (κ3) is 3.37. The van der Waals surface area contributed by atoms with Gasteiger partial charge in [-0.15, -0.1) is 0 Å². The molecule has 0 radical (unpaired) electrons. The van der Waals surface area contributed by atoms with Crippen LogP contribution in [0, 0.1) is 0 Å². The monoisotopic (exact) mass is 589 g/mol. The standard InChI is InChI=1S/C43H31N3/c1-43-26-12-11-21-42(43)46(29-13-3-2-4-14-29)41-28-31(22-24-36(41)43)45-39-20-10-7-17-34(39)35-27-30(23-25-40(35)45)44-37-18-8-5-15-32(37)33-16-6-9-19-38(33)44/h2-28,42H,1H3. The Labute approximate surface area is 267 Å². The topological polar surface area (TPSA) is 13.1 Å². The Hall–Kier alpha value is -5.80. The first-order chi connectivity index (χ1) is 22.7. The summed E-state index contributed by atoms with van der Waals surface area (Å²) in [6, 6.07) is 51.4. The second-order valence-electron chi connectivity index (χ2n) is 12.8. The largest absolute Gasteiger partial charge is 0.333 e. The molecule has 0 N–H and O–H groups in total. The Morgan fingerprint density at radius 2 is 1.02 bits per heavy atom. The number of hydrogen-bond donors (Lipinski definition) is 0. The molecule has 0 fully saturated rings. The van der Waals surface area contributed by atoms with Crippen molar-refractivity contribution >= 4 is 55.0 Å². The second-order valence-corrected chi connectivity index (χ2v) is 12.8. The molecule has 2 aliphatic rings. The van der Waals surface area contributed by atoms with E-state index in [1.165, 1.54) is 71.9 Å². The van der Waals surface area contributed by atoms with Crippen LogP contribution in [0.2, 0.25) is 0 Å². The first kappa shape index (κ1) is 25.5. The Balaban J connectivity index is 1.21. The molecule has 0 saturated carbocycles. The highest BCUT2D eigenvalue weighted by atomic mass is 15.2. The minimum Gasteiger partial charge on any atom is -0.333 e. The lowest BCUT2D eigenvalue weighted by Gasteiger charge is -2.34. The third-order valence-electron chi connectivity index (χ3n) is 10.3. The maximum Gasteiger partial charge on any atom is 0.0655 e. The van der Waals surface area contributed by atoms with Gasteiger partial charge in [-0.3, -0.25) is 0 Å². The smallest absolute Gasteiger partial charge is 0.0655 e. The fraction of sp³-hybridized carbons (Fsp3) is 0.0698. The van der Waals surface area contributed by atoms with Crippen molar-refractivity contribution in [3.05, 3.63) is 169 Å². The number of benzene rings is 6. The van der Waals surface area contributed by atoms with Crippen molar-refractivity contribution in [3.8, 4) is 11.4 Å². The Morgan fingerprint density at radius 1 is 0.478 bits per heavy atom. The number of allylic oxidation sites excluding steroid dienone is 2. The normalized spacial score (nSPS) is 18.6. The van der Waals surface area contributed by atoms with Crippen LogP contribution >= 0.6 is 0 Å². The second kappa shape index (κ2) is 9.35. The van der Waals surface area contributed by atoms with E-state index < -0.39 is 0 Å². The van der Waals surface area contributed by atoms with E-state index in [2.05, 4.69) is 185 Å². The molecule has 1 aliphatic heterocycles. The molecule has 0 bridgehead atoms. The molecule has 0 saturated heterocycles. The number of aromatic nitrogens is 2. The van der Waals surface area contributed by atoms with E-state index in [4.69, 9.17) is 0 Å². The van der Waals surface area contributed by atoms with Gasteiger partial charge < -0.3 is 14.0 Å². The fourth-order valence-corrected chi connectivity index (χ4v) is 8.26. The number of hydrogen-bond acceptors (Lipinski definition) is 1. The van der Waals surface area contributed by atoms with Gasteiger partial charge in [0.2, 0.25) is 0 Å². The van der Waals surface area contributed by atoms with E-state index in [1.54, 1.807) is 0 Å². The predicted octanol–water partition coefficient (Wildman–Crippen LogP) is 10.8. The molecule has 10 rings (SSSR count). The summed E-state index contributed by atoms with van der Waals surface area (Å²) in [5.41, 5.74) is 11.0. The van der Waals surface area contributed by atoms with Crippen LogP contribution in [0.4, 0.5) is 11.4 Å². The summed E-state index contributed by atoms with van der Waals surface area (Å²) in [7, 11) is 0. The summed E-state index contributed by atoms with van der Waals surface area (Å²) in [4.78, 5) is 2.52. The summed E-state index contributed by atoms with van der Waals surface area (Å²) < 4.78 is 4.85. The van der Waals surface area contributed by atoms with Gasteiger partial charge in [-0.1, -0.05) is 103 Å². The summed E-state index contributed by atoms with van der Waals surface area (Å²) in [6.45, 7) is 2.37. The van der Waals surface area contributed by atoms with Crippen LogP contribution in [0.5, 0.6) is 0 Å². The van der Waals surface area contributed by atoms with Gasteiger partial charge in [0, 0.05) is 49.7 Å². The summed E-state index contributed by atoms with van der Waals surface area (Å²) in [6.07, 6.45) is 9.11. The quantitative estimate of drug-likeness (QED) is 0.200. The van der Waals surface area contributed by atoms with Crippen molar-refractivity contribution < 1.29 is 0 Å². The van der Waals surface area contributed by atoms with E-state index >= 15 is 0 Å². The molecule has 3 heteroatoms. The highest BCUT2D eigenvalue weighted by molar-refractivity contribution is 6.12. The number of anilines is 2. The van der Waals surface area contributed by atoms with Gasteiger partial charge in [0.1, 0.15) is 0 Å². The number of rotatable bonds is 3. The molecule has 2 aromatic heterocycles. The predicted molar refractivity (Wildman–Crippen MR) is 193 cm³/mol. The third-order valence-corrected chi connectivity index (χ3v) is 10.3. The van der Waals surface area contributed by atoms with Gasteiger partial charge in [-0.25, -0.2) is 0 Å². The molecule has 2 atom stereocenters. The van der Waals surface area contributed by atoms with Gasteiger partial charge in [0.15, 0.2) is 0 Å². The zero-order valence-corrected chi connectivity index (χ0v) is 25.5.